The molecule has 0 aromatic rings. The fourth-order valence-corrected chi connectivity index (χ4v) is 3.12. The van der Waals surface area contributed by atoms with Gasteiger partial charge in [-0.3, -0.25) is 15.0 Å². The van der Waals surface area contributed by atoms with Gasteiger partial charge in [-0.15, -0.1) is 0 Å². The van der Waals surface area contributed by atoms with Crippen molar-refractivity contribution in [3.63, 3.8) is 0 Å². The molecule has 6 nitrogen and oxygen atoms in total. The molecule has 0 spiro atoms. The monoisotopic (exact) mass is 271 g/mol. The highest BCUT2D eigenvalue weighted by Crippen LogP contribution is 2.32. The minimum atomic E-state index is -0.877. The number of amidine groups is 1. The van der Waals surface area contributed by atoms with E-state index in [2.05, 4.69) is 15.8 Å². The van der Waals surface area contributed by atoms with E-state index in [0.29, 0.717) is 18.0 Å². The standard InChI is InChI=1S/C11H17N3O3S/c1-2-8-13-14-11(18-8)12-9(15)6-4-3-5-7(6)10(16)17/h6-8,13H,2-5H2,1H3,(H,16,17)(H,12,14,15). The second-order valence-corrected chi connectivity index (χ2v) is 5.72. The summed E-state index contributed by atoms with van der Waals surface area (Å²) >= 11 is 1.47. The number of rotatable bonds is 3. The predicted molar refractivity (Wildman–Crippen MR) is 68.9 cm³/mol. The molecule has 1 saturated carbocycles. The van der Waals surface area contributed by atoms with Gasteiger partial charge in [-0.25, -0.2) is 0 Å². The Kier molecular flexibility index (Phi) is 4.11. The van der Waals surface area contributed by atoms with E-state index in [0.717, 1.165) is 12.8 Å². The average Bonchev–Trinajstić information content (AvgIpc) is 2.96. The van der Waals surface area contributed by atoms with Gasteiger partial charge >= 0.3 is 5.97 Å². The van der Waals surface area contributed by atoms with Crippen LogP contribution in [-0.4, -0.2) is 27.5 Å². The van der Waals surface area contributed by atoms with Gasteiger partial charge in [0.25, 0.3) is 0 Å². The van der Waals surface area contributed by atoms with Crippen LogP contribution in [0.15, 0.2) is 5.10 Å². The number of thioether (sulfide) groups is 1. The molecule has 0 bridgehead atoms. The Morgan fingerprint density at radius 2 is 2.22 bits per heavy atom. The molecule has 1 aliphatic heterocycles. The Balaban J connectivity index is 1.90. The molecule has 1 fully saturated rings. The zero-order valence-electron chi connectivity index (χ0n) is 10.2. The topological polar surface area (TPSA) is 90.8 Å². The molecule has 0 aromatic heterocycles. The highest BCUT2D eigenvalue weighted by molar-refractivity contribution is 8.14. The summed E-state index contributed by atoms with van der Waals surface area (Å²) in [5.74, 6) is -2.07. The molecule has 0 radical (unpaired) electrons. The van der Waals surface area contributed by atoms with E-state index in [-0.39, 0.29) is 11.3 Å². The quantitative estimate of drug-likeness (QED) is 0.711. The number of amides is 1. The van der Waals surface area contributed by atoms with Gasteiger partial charge in [0.15, 0.2) is 5.17 Å². The Bertz CT molecular complexity index is 386. The van der Waals surface area contributed by atoms with E-state index in [4.69, 9.17) is 5.11 Å². The predicted octanol–water partition coefficient (Wildman–Crippen LogP) is 0.947. The Morgan fingerprint density at radius 1 is 1.50 bits per heavy atom. The van der Waals surface area contributed by atoms with Crippen LogP contribution in [-0.2, 0) is 9.59 Å². The van der Waals surface area contributed by atoms with E-state index in [1.165, 1.54) is 11.8 Å². The largest absolute Gasteiger partial charge is 0.481 e. The smallest absolute Gasteiger partial charge is 0.307 e. The summed E-state index contributed by atoms with van der Waals surface area (Å²) in [6, 6.07) is 0. The molecule has 0 saturated heterocycles. The first-order chi connectivity index (χ1) is 8.61. The number of carboxylic acid groups (broad SMARTS) is 1. The van der Waals surface area contributed by atoms with Gasteiger partial charge in [0, 0.05) is 0 Å². The summed E-state index contributed by atoms with van der Waals surface area (Å²) < 4.78 is 0. The molecule has 3 N–H and O–H groups in total. The highest BCUT2D eigenvalue weighted by Gasteiger charge is 2.38. The fraction of sp³-hybridized carbons (Fsp3) is 0.727. The number of nitrogens with zero attached hydrogens (tertiary/aromatic N) is 1. The van der Waals surface area contributed by atoms with E-state index in [1.807, 2.05) is 6.92 Å². The molecule has 2 rings (SSSR count). The van der Waals surface area contributed by atoms with Crippen molar-refractivity contribution < 1.29 is 14.7 Å². The van der Waals surface area contributed by atoms with Crippen molar-refractivity contribution in [3.05, 3.63) is 0 Å². The number of aliphatic carboxylic acids is 1. The van der Waals surface area contributed by atoms with Gasteiger partial charge in [-0.05, 0) is 19.3 Å². The van der Waals surface area contributed by atoms with Crippen LogP contribution in [0.1, 0.15) is 32.6 Å². The Labute approximate surface area is 110 Å². The molecule has 3 atom stereocenters. The van der Waals surface area contributed by atoms with Crippen molar-refractivity contribution in [1.82, 2.24) is 10.7 Å². The number of carbonyl (C=O) groups excluding carboxylic acids is 1. The molecule has 1 heterocycles. The molecule has 18 heavy (non-hydrogen) atoms. The van der Waals surface area contributed by atoms with Crippen LogP contribution in [0.5, 0.6) is 0 Å². The summed E-state index contributed by atoms with van der Waals surface area (Å²) in [5, 5.41) is 16.5. The first-order valence-electron chi connectivity index (χ1n) is 6.15. The van der Waals surface area contributed by atoms with Crippen LogP contribution >= 0.6 is 11.8 Å². The third-order valence-corrected chi connectivity index (χ3v) is 4.47. The second kappa shape index (κ2) is 5.60. The normalized spacial score (nSPS) is 30.7. The van der Waals surface area contributed by atoms with Crippen LogP contribution in [0.3, 0.4) is 0 Å². The molecule has 1 aliphatic carbocycles. The van der Waals surface area contributed by atoms with Crippen molar-refractivity contribution in [1.29, 1.82) is 0 Å². The number of nitrogens with one attached hydrogen (secondary N) is 2. The van der Waals surface area contributed by atoms with Crippen molar-refractivity contribution in [2.75, 3.05) is 0 Å². The average molecular weight is 271 g/mol. The third-order valence-electron chi connectivity index (χ3n) is 3.33. The zero-order chi connectivity index (χ0) is 13.1. The van der Waals surface area contributed by atoms with Crippen molar-refractivity contribution in [2.24, 2.45) is 16.9 Å². The van der Waals surface area contributed by atoms with E-state index < -0.39 is 17.8 Å². The van der Waals surface area contributed by atoms with Gasteiger partial charge in [0.2, 0.25) is 5.91 Å². The zero-order valence-corrected chi connectivity index (χ0v) is 11.0. The Hall–Kier alpha value is -1.24. The number of hydrazone groups is 1. The van der Waals surface area contributed by atoms with Crippen LogP contribution in [0.2, 0.25) is 0 Å². The number of carbonyl (C=O) groups is 2. The lowest BCUT2D eigenvalue weighted by atomic mass is 9.95. The molecule has 0 aromatic carbocycles. The Morgan fingerprint density at radius 3 is 2.83 bits per heavy atom. The maximum atomic E-state index is 12.0. The SMILES string of the molecule is CCC1NN=C(NC(=O)C2CCCC2C(=O)O)S1. The molecule has 1 amide bonds. The molecule has 100 valence electrons. The molecule has 3 unspecified atom stereocenters. The van der Waals surface area contributed by atoms with Gasteiger partial charge < -0.3 is 10.4 Å². The minimum Gasteiger partial charge on any atom is -0.481 e. The van der Waals surface area contributed by atoms with Gasteiger partial charge in [0.05, 0.1) is 17.2 Å². The van der Waals surface area contributed by atoms with Crippen molar-refractivity contribution in [2.45, 2.75) is 38.0 Å². The van der Waals surface area contributed by atoms with Crippen LogP contribution < -0.4 is 10.7 Å². The van der Waals surface area contributed by atoms with Gasteiger partial charge in [-0.2, -0.15) is 5.10 Å². The fourth-order valence-electron chi connectivity index (χ4n) is 2.32. The summed E-state index contributed by atoms with van der Waals surface area (Å²) in [6.45, 7) is 2.03. The first kappa shape index (κ1) is 13.2. The third kappa shape index (κ3) is 2.77. The van der Waals surface area contributed by atoms with Gasteiger partial charge in [-0.1, -0.05) is 25.1 Å². The molecular formula is C11H17N3O3S. The lowest BCUT2D eigenvalue weighted by molar-refractivity contribution is -0.145. The minimum absolute atomic E-state index is 0.194. The first-order valence-corrected chi connectivity index (χ1v) is 7.03. The lowest BCUT2D eigenvalue weighted by Gasteiger charge is -2.14. The molecular weight excluding hydrogens is 254 g/mol. The number of hydrogen-bond acceptors (Lipinski definition) is 5. The van der Waals surface area contributed by atoms with Gasteiger partial charge in [0.1, 0.15) is 0 Å². The second-order valence-electron chi connectivity index (χ2n) is 4.53. The lowest BCUT2D eigenvalue weighted by Crippen LogP contribution is -2.37. The summed E-state index contributed by atoms with van der Waals surface area (Å²) in [5.41, 5.74) is 2.91. The van der Waals surface area contributed by atoms with Crippen LogP contribution in [0.25, 0.3) is 0 Å². The van der Waals surface area contributed by atoms with Crippen LogP contribution in [0.4, 0.5) is 0 Å². The maximum absolute atomic E-state index is 12.0. The number of hydrogen-bond donors (Lipinski definition) is 3. The molecule has 2 aliphatic rings. The van der Waals surface area contributed by atoms with E-state index in [9.17, 15) is 9.59 Å². The summed E-state index contributed by atoms with van der Waals surface area (Å²) in [6.07, 6.45) is 2.94. The number of carboxylic acids is 1. The van der Waals surface area contributed by atoms with E-state index >= 15 is 0 Å². The van der Waals surface area contributed by atoms with Crippen LogP contribution in [0, 0.1) is 11.8 Å². The summed E-state index contributed by atoms with van der Waals surface area (Å²) in [7, 11) is 0. The summed E-state index contributed by atoms with van der Waals surface area (Å²) in [4.78, 5) is 23.0. The van der Waals surface area contributed by atoms with E-state index in [1.54, 1.807) is 0 Å². The molecule has 7 heteroatoms. The highest BCUT2D eigenvalue weighted by atomic mass is 32.2. The maximum Gasteiger partial charge on any atom is 0.307 e. The van der Waals surface area contributed by atoms with Crippen molar-refractivity contribution >= 4 is 28.8 Å². The van der Waals surface area contributed by atoms with Crippen molar-refractivity contribution in [3.8, 4) is 0 Å².